The molecule has 1 unspecified atom stereocenters. The average molecular weight is 237 g/mol. The first-order chi connectivity index (χ1) is 6.40. The van der Waals surface area contributed by atoms with Crippen molar-refractivity contribution in [2.45, 2.75) is 25.9 Å². The van der Waals surface area contributed by atoms with Gasteiger partial charge in [-0.3, -0.25) is 4.18 Å². The Morgan fingerprint density at radius 3 is 2.00 bits per heavy atom. The molecule has 0 aromatic carbocycles. The molecule has 0 rings (SSSR count). The summed E-state index contributed by atoms with van der Waals surface area (Å²) in [4.78, 5) is 0. The van der Waals surface area contributed by atoms with Gasteiger partial charge in [0.15, 0.2) is 0 Å². The Morgan fingerprint density at radius 1 is 1.33 bits per heavy atom. The fourth-order valence-corrected chi connectivity index (χ4v) is 1.70. The van der Waals surface area contributed by atoms with Crippen LogP contribution in [0.3, 0.4) is 0 Å². The standard InChI is InChI=1S/C9H16O4S.H3N/c1-4-6-9(7-5-2)8(3)13-14(10,11)12;/h4-5,8-9H,1-2,6-7H2,3H3,(H,10,11,12);1H3. The number of allylic oxidation sites excluding steroid dienone is 2. The lowest BCUT2D eigenvalue weighted by atomic mass is 9.96. The van der Waals surface area contributed by atoms with Crippen molar-refractivity contribution in [2.24, 2.45) is 5.92 Å². The zero-order chi connectivity index (χ0) is 11.2. The molecule has 0 heterocycles. The molecule has 0 radical (unpaired) electrons. The van der Waals surface area contributed by atoms with Gasteiger partial charge in [0.05, 0.1) is 6.10 Å². The van der Waals surface area contributed by atoms with E-state index in [9.17, 15) is 13.0 Å². The van der Waals surface area contributed by atoms with E-state index in [1.807, 2.05) is 0 Å². The van der Waals surface area contributed by atoms with E-state index in [1.165, 1.54) is 0 Å². The Labute approximate surface area is 91.4 Å². The third-order valence-corrected chi connectivity index (χ3v) is 2.41. The van der Waals surface area contributed by atoms with Gasteiger partial charge < -0.3 is 10.7 Å². The second-order valence-corrected chi connectivity index (χ2v) is 4.03. The SMILES string of the molecule is C=CCC(CC=C)C(C)OS(=O)(=O)[O-].[NH4+]. The van der Waals surface area contributed by atoms with Crippen molar-refractivity contribution in [3.63, 3.8) is 0 Å². The van der Waals surface area contributed by atoms with E-state index in [0.717, 1.165) is 0 Å². The van der Waals surface area contributed by atoms with E-state index in [-0.39, 0.29) is 12.1 Å². The Morgan fingerprint density at radius 2 is 1.73 bits per heavy atom. The lowest BCUT2D eigenvalue weighted by Crippen LogP contribution is -2.23. The molecule has 0 aromatic heterocycles. The fraction of sp³-hybridized carbons (Fsp3) is 0.556. The van der Waals surface area contributed by atoms with Gasteiger partial charge >= 0.3 is 0 Å². The summed E-state index contributed by atoms with van der Waals surface area (Å²) in [7, 11) is -4.62. The highest BCUT2D eigenvalue weighted by Crippen LogP contribution is 2.18. The minimum atomic E-state index is -4.62. The molecule has 0 amide bonds. The molecule has 5 nitrogen and oxygen atoms in total. The average Bonchev–Trinajstić information content (AvgIpc) is 2.01. The van der Waals surface area contributed by atoms with Crippen molar-refractivity contribution in [1.29, 1.82) is 0 Å². The van der Waals surface area contributed by atoms with E-state index in [4.69, 9.17) is 0 Å². The van der Waals surface area contributed by atoms with Gasteiger partial charge in [0.25, 0.3) is 0 Å². The fourth-order valence-electron chi connectivity index (χ4n) is 1.17. The van der Waals surface area contributed by atoms with Gasteiger partial charge in [-0.25, -0.2) is 8.42 Å². The predicted octanol–water partition coefficient (Wildman–Crippen LogP) is 2.00. The molecule has 15 heavy (non-hydrogen) atoms. The molecule has 0 bridgehead atoms. The van der Waals surface area contributed by atoms with Crippen LogP contribution >= 0.6 is 0 Å². The topological polar surface area (TPSA) is 103 Å². The van der Waals surface area contributed by atoms with Crippen LogP contribution in [0.5, 0.6) is 0 Å². The Kier molecular flexibility index (Phi) is 8.46. The summed E-state index contributed by atoms with van der Waals surface area (Å²) in [6.45, 7) is 8.64. The largest absolute Gasteiger partial charge is 0.726 e. The molecule has 0 aromatic rings. The molecular formula is C9H19NO4S. The maximum absolute atomic E-state index is 10.3. The highest BCUT2D eigenvalue weighted by molar-refractivity contribution is 7.80. The van der Waals surface area contributed by atoms with Crippen molar-refractivity contribution in [3.8, 4) is 0 Å². The lowest BCUT2D eigenvalue weighted by molar-refractivity contribution is 0.138. The third kappa shape index (κ3) is 8.31. The summed E-state index contributed by atoms with van der Waals surface area (Å²) in [5.74, 6) is -0.0753. The lowest BCUT2D eigenvalue weighted by Gasteiger charge is -2.22. The van der Waals surface area contributed by atoms with Crippen molar-refractivity contribution >= 4 is 10.4 Å². The first-order valence-corrected chi connectivity index (χ1v) is 5.60. The van der Waals surface area contributed by atoms with Crippen LogP contribution in [0.15, 0.2) is 25.3 Å². The highest BCUT2D eigenvalue weighted by Gasteiger charge is 2.17. The van der Waals surface area contributed by atoms with E-state index < -0.39 is 16.5 Å². The maximum atomic E-state index is 10.3. The molecule has 90 valence electrons. The molecule has 0 saturated carbocycles. The minimum absolute atomic E-state index is 0. The van der Waals surface area contributed by atoms with Gasteiger partial charge in [-0.15, -0.1) is 13.2 Å². The monoisotopic (exact) mass is 237 g/mol. The van der Waals surface area contributed by atoms with Crippen molar-refractivity contribution in [3.05, 3.63) is 25.3 Å². The van der Waals surface area contributed by atoms with Gasteiger partial charge in [0.2, 0.25) is 10.4 Å². The van der Waals surface area contributed by atoms with Crippen LogP contribution in [0.25, 0.3) is 0 Å². The van der Waals surface area contributed by atoms with Gasteiger partial charge in [0, 0.05) is 0 Å². The minimum Gasteiger partial charge on any atom is -0.726 e. The summed E-state index contributed by atoms with van der Waals surface area (Å²) < 4.78 is 35.3. The first-order valence-electron chi connectivity index (χ1n) is 4.26. The summed E-state index contributed by atoms with van der Waals surface area (Å²) >= 11 is 0. The second-order valence-electron chi connectivity index (χ2n) is 3.02. The number of quaternary nitrogens is 1. The van der Waals surface area contributed by atoms with Crippen molar-refractivity contribution < 1.29 is 17.2 Å². The summed E-state index contributed by atoms with van der Waals surface area (Å²) in [5, 5.41) is 0. The number of rotatable bonds is 7. The van der Waals surface area contributed by atoms with E-state index in [2.05, 4.69) is 17.3 Å². The molecule has 0 aliphatic carbocycles. The van der Waals surface area contributed by atoms with E-state index in [1.54, 1.807) is 19.1 Å². The molecule has 0 aliphatic heterocycles. The van der Waals surface area contributed by atoms with Crippen molar-refractivity contribution in [1.82, 2.24) is 6.15 Å². The zero-order valence-electron chi connectivity index (χ0n) is 9.18. The first kappa shape index (κ1) is 16.7. The maximum Gasteiger partial charge on any atom is 0.217 e. The van der Waals surface area contributed by atoms with E-state index in [0.29, 0.717) is 12.8 Å². The summed E-state index contributed by atoms with van der Waals surface area (Å²) in [6, 6.07) is 0. The van der Waals surface area contributed by atoms with Crippen LogP contribution < -0.4 is 6.15 Å². The molecular weight excluding hydrogens is 218 g/mol. The molecule has 0 aliphatic rings. The molecule has 6 heteroatoms. The highest BCUT2D eigenvalue weighted by atomic mass is 32.3. The van der Waals surface area contributed by atoms with Crippen LogP contribution in [-0.2, 0) is 14.6 Å². The van der Waals surface area contributed by atoms with Crippen LogP contribution in [0.1, 0.15) is 19.8 Å². The molecule has 0 fully saturated rings. The van der Waals surface area contributed by atoms with Gasteiger partial charge in [-0.05, 0) is 25.7 Å². The smallest absolute Gasteiger partial charge is 0.217 e. The number of hydrogen-bond donors (Lipinski definition) is 1. The van der Waals surface area contributed by atoms with Crippen LogP contribution in [0.2, 0.25) is 0 Å². The van der Waals surface area contributed by atoms with Gasteiger partial charge in [-0.1, -0.05) is 12.2 Å². The third-order valence-electron chi connectivity index (χ3n) is 1.87. The molecule has 1 atom stereocenters. The molecule has 0 saturated heterocycles. The van der Waals surface area contributed by atoms with Crippen LogP contribution in [0.4, 0.5) is 0 Å². The Balaban J connectivity index is 0. The van der Waals surface area contributed by atoms with E-state index >= 15 is 0 Å². The number of hydrogen-bond acceptors (Lipinski definition) is 4. The van der Waals surface area contributed by atoms with Gasteiger partial charge in [-0.2, -0.15) is 0 Å². The normalized spacial score (nSPS) is 13.0. The van der Waals surface area contributed by atoms with Crippen LogP contribution in [-0.4, -0.2) is 19.1 Å². The molecule has 0 spiro atoms. The summed E-state index contributed by atoms with van der Waals surface area (Å²) in [6.07, 6.45) is 3.84. The Bertz CT molecular complexity index is 276. The molecule has 4 N–H and O–H groups in total. The quantitative estimate of drug-likeness (QED) is 0.415. The van der Waals surface area contributed by atoms with Crippen LogP contribution in [0, 0.1) is 5.92 Å². The predicted molar refractivity (Wildman–Crippen MR) is 59.3 cm³/mol. The summed E-state index contributed by atoms with van der Waals surface area (Å²) in [5.41, 5.74) is 0. The van der Waals surface area contributed by atoms with Crippen molar-refractivity contribution in [2.75, 3.05) is 0 Å². The Hall–Kier alpha value is -0.690. The van der Waals surface area contributed by atoms with Gasteiger partial charge in [0.1, 0.15) is 0 Å². The zero-order valence-corrected chi connectivity index (χ0v) is 10.00. The second kappa shape index (κ2) is 7.58.